The molecule has 0 saturated carbocycles. The third-order valence-corrected chi connectivity index (χ3v) is 2.96. The summed E-state index contributed by atoms with van der Waals surface area (Å²) < 4.78 is 23.5. The van der Waals surface area contributed by atoms with Crippen LogP contribution in [0.1, 0.15) is 5.56 Å². The number of hydrogen-bond acceptors (Lipinski definition) is 3. The third-order valence-electron chi connectivity index (χ3n) is 2.96. The first-order valence-corrected chi connectivity index (χ1v) is 6.65. The fourth-order valence-corrected chi connectivity index (χ4v) is 1.87. The van der Waals surface area contributed by atoms with Crippen molar-refractivity contribution in [3.05, 3.63) is 53.8 Å². The van der Waals surface area contributed by atoms with Crippen LogP contribution in [0.4, 0.5) is 10.1 Å². The molecule has 0 amide bonds. The lowest BCUT2D eigenvalue weighted by Crippen LogP contribution is -2.22. The summed E-state index contributed by atoms with van der Waals surface area (Å²) in [5.74, 6) is 1.08. The molecule has 0 saturated heterocycles. The van der Waals surface area contributed by atoms with Crippen molar-refractivity contribution in [3.8, 4) is 11.5 Å². The van der Waals surface area contributed by atoms with E-state index in [4.69, 9.17) is 15.2 Å². The van der Waals surface area contributed by atoms with Crippen LogP contribution in [-0.2, 0) is 6.54 Å². The van der Waals surface area contributed by atoms with Crippen molar-refractivity contribution in [2.24, 2.45) is 10.7 Å². The van der Waals surface area contributed by atoms with Crippen molar-refractivity contribution in [1.29, 1.82) is 0 Å². The summed E-state index contributed by atoms with van der Waals surface area (Å²) in [5.41, 5.74) is 7.28. The number of rotatable bonds is 5. The number of halogens is 2. The van der Waals surface area contributed by atoms with Gasteiger partial charge in [0.2, 0.25) is 0 Å². The van der Waals surface area contributed by atoms with Crippen molar-refractivity contribution in [1.82, 2.24) is 0 Å². The lowest BCUT2D eigenvalue weighted by atomic mass is 10.2. The van der Waals surface area contributed by atoms with Gasteiger partial charge in [-0.3, -0.25) is 0 Å². The van der Waals surface area contributed by atoms with Crippen molar-refractivity contribution < 1.29 is 13.9 Å². The lowest BCUT2D eigenvalue weighted by Gasteiger charge is -2.07. The van der Waals surface area contributed by atoms with Crippen molar-refractivity contribution in [2.45, 2.75) is 6.54 Å². The SMILES string of the molecule is COc1ccc(NC(N)=NCc2cc(F)cc(OC)c2)cc1.I. The second-order valence-corrected chi connectivity index (χ2v) is 4.55. The topological polar surface area (TPSA) is 68.9 Å². The minimum atomic E-state index is -0.369. The van der Waals surface area contributed by atoms with Gasteiger partial charge in [0.25, 0.3) is 0 Å². The van der Waals surface area contributed by atoms with Crippen LogP contribution in [0.15, 0.2) is 47.5 Å². The van der Waals surface area contributed by atoms with Crippen LogP contribution in [-0.4, -0.2) is 20.2 Å². The molecule has 5 nitrogen and oxygen atoms in total. The average molecular weight is 431 g/mol. The summed E-state index contributed by atoms with van der Waals surface area (Å²) in [7, 11) is 3.09. The molecule has 0 aliphatic carbocycles. The van der Waals surface area contributed by atoms with Gasteiger partial charge in [0.1, 0.15) is 17.3 Å². The van der Waals surface area contributed by atoms with E-state index in [1.54, 1.807) is 13.2 Å². The molecule has 2 aromatic rings. The summed E-state index contributed by atoms with van der Waals surface area (Å²) in [6, 6.07) is 11.7. The molecule has 0 spiro atoms. The molecule has 0 aliphatic rings. The van der Waals surface area contributed by atoms with Crippen LogP contribution >= 0.6 is 24.0 Å². The zero-order valence-corrected chi connectivity index (χ0v) is 15.2. The zero-order valence-electron chi connectivity index (χ0n) is 12.9. The number of benzene rings is 2. The van der Waals surface area contributed by atoms with Crippen molar-refractivity contribution in [2.75, 3.05) is 19.5 Å². The number of nitrogens with one attached hydrogen (secondary N) is 1. The summed E-state index contributed by atoms with van der Waals surface area (Å²) in [6.45, 7) is 0.253. The zero-order chi connectivity index (χ0) is 15.9. The van der Waals surface area contributed by atoms with E-state index in [1.165, 1.54) is 19.2 Å². The first kappa shape index (κ1) is 19.0. The maximum Gasteiger partial charge on any atom is 0.193 e. The summed E-state index contributed by atoms with van der Waals surface area (Å²) in [5, 5.41) is 2.95. The smallest absolute Gasteiger partial charge is 0.193 e. The average Bonchev–Trinajstić information content (AvgIpc) is 2.53. The molecular weight excluding hydrogens is 412 g/mol. The number of nitrogens with zero attached hydrogens (tertiary/aromatic N) is 1. The molecule has 3 N–H and O–H groups in total. The van der Waals surface area contributed by atoms with Gasteiger partial charge >= 0.3 is 0 Å². The molecule has 23 heavy (non-hydrogen) atoms. The van der Waals surface area contributed by atoms with Gasteiger partial charge in [-0.1, -0.05) is 0 Å². The Labute approximate surface area is 151 Å². The van der Waals surface area contributed by atoms with Crippen LogP contribution < -0.4 is 20.5 Å². The minimum absolute atomic E-state index is 0. The number of hydrogen-bond donors (Lipinski definition) is 2. The van der Waals surface area contributed by atoms with Gasteiger partial charge < -0.3 is 20.5 Å². The second kappa shape index (κ2) is 9.19. The van der Waals surface area contributed by atoms with Crippen LogP contribution in [0.25, 0.3) is 0 Å². The Morgan fingerprint density at radius 1 is 1.09 bits per heavy atom. The van der Waals surface area contributed by atoms with E-state index in [0.717, 1.165) is 11.4 Å². The maximum absolute atomic E-state index is 13.4. The van der Waals surface area contributed by atoms with Gasteiger partial charge in [0.15, 0.2) is 5.96 Å². The number of aliphatic imine (C=N–C) groups is 1. The first-order chi connectivity index (χ1) is 10.6. The van der Waals surface area contributed by atoms with Crippen LogP contribution in [0.3, 0.4) is 0 Å². The van der Waals surface area contributed by atoms with Gasteiger partial charge in [-0.2, -0.15) is 0 Å². The predicted molar refractivity (Wildman–Crippen MR) is 100 cm³/mol. The van der Waals surface area contributed by atoms with E-state index in [-0.39, 0.29) is 42.3 Å². The second-order valence-electron chi connectivity index (χ2n) is 4.55. The largest absolute Gasteiger partial charge is 0.497 e. The van der Waals surface area contributed by atoms with Gasteiger partial charge in [-0.15, -0.1) is 24.0 Å². The Hall–Kier alpha value is -2.03. The third kappa shape index (κ3) is 5.93. The number of nitrogens with two attached hydrogens (primary N) is 1. The normalized spacial score (nSPS) is 10.7. The molecular formula is C16H19FIN3O2. The summed E-state index contributed by atoms with van der Waals surface area (Å²) in [6.07, 6.45) is 0. The Bertz CT molecular complexity index is 663. The molecule has 124 valence electrons. The highest BCUT2D eigenvalue weighted by molar-refractivity contribution is 14.0. The number of methoxy groups -OCH3 is 2. The fraction of sp³-hybridized carbons (Fsp3) is 0.188. The monoisotopic (exact) mass is 431 g/mol. The summed E-state index contributed by atoms with van der Waals surface area (Å²) in [4.78, 5) is 4.18. The molecule has 0 unspecified atom stereocenters. The Morgan fingerprint density at radius 3 is 2.35 bits per heavy atom. The quantitative estimate of drug-likeness (QED) is 0.433. The van der Waals surface area contributed by atoms with Crippen molar-refractivity contribution >= 4 is 35.6 Å². The van der Waals surface area contributed by atoms with E-state index in [0.29, 0.717) is 11.3 Å². The number of guanidine groups is 1. The predicted octanol–water partition coefficient (Wildman–Crippen LogP) is 3.39. The molecule has 0 fully saturated rings. The minimum Gasteiger partial charge on any atom is -0.497 e. The van der Waals surface area contributed by atoms with E-state index < -0.39 is 0 Å². The molecule has 0 heterocycles. The Balaban J connectivity index is 0.00000264. The van der Waals surface area contributed by atoms with Gasteiger partial charge in [0.05, 0.1) is 20.8 Å². The lowest BCUT2D eigenvalue weighted by molar-refractivity contribution is 0.410. The van der Waals surface area contributed by atoms with E-state index in [1.807, 2.05) is 24.3 Å². The highest BCUT2D eigenvalue weighted by Gasteiger charge is 2.01. The number of anilines is 1. The van der Waals surface area contributed by atoms with Gasteiger partial charge in [-0.05, 0) is 42.0 Å². The maximum atomic E-state index is 13.4. The van der Waals surface area contributed by atoms with E-state index in [9.17, 15) is 4.39 Å². The van der Waals surface area contributed by atoms with Crippen molar-refractivity contribution in [3.63, 3.8) is 0 Å². The van der Waals surface area contributed by atoms with Crippen LogP contribution in [0, 0.1) is 5.82 Å². The van der Waals surface area contributed by atoms with Crippen LogP contribution in [0.5, 0.6) is 11.5 Å². The highest BCUT2D eigenvalue weighted by atomic mass is 127. The van der Waals surface area contributed by atoms with Gasteiger partial charge in [0, 0.05) is 11.8 Å². The van der Waals surface area contributed by atoms with Gasteiger partial charge in [-0.25, -0.2) is 9.38 Å². The fourth-order valence-electron chi connectivity index (χ4n) is 1.87. The number of ether oxygens (including phenoxy) is 2. The van der Waals surface area contributed by atoms with Crippen LogP contribution in [0.2, 0.25) is 0 Å². The van der Waals surface area contributed by atoms with E-state index in [2.05, 4.69) is 10.3 Å². The highest BCUT2D eigenvalue weighted by Crippen LogP contribution is 2.17. The first-order valence-electron chi connectivity index (χ1n) is 6.65. The molecule has 0 aromatic heterocycles. The van der Waals surface area contributed by atoms with E-state index >= 15 is 0 Å². The molecule has 0 bridgehead atoms. The standard InChI is InChI=1S/C16H18FN3O2.HI/c1-21-14-5-3-13(4-6-14)20-16(18)19-10-11-7-12(17)9-15(8-11)22-2;/h3-9H,10H2,1-2H3,(H3,18,19,20);1H. The molecule has 2 aromatic carbocycles. The molecule has 0 atom stereocenters. The molecule has 2 rings (SSSR count). The Kier molecular flexibility index (Phi) is 7.60. The molecule has 0 aliphatic heterocycles. The summed E-state index contributed by atoms with van der Waals surface area (Å²) >= 11 is 0. The Morgan fingerprint density at radius 2 is 1.74 bits per heavy atom. The molecule has 0 radical (unpaired) electrons. The molecule has 7 heteroatoms.